The Balaban J connectivity index is 1.71. The number of amides is 2. The smallest absolute Gasteiger partial charge is 0.350 e. The number of fused-ring (bicyclic) bond motifs is 1. The third-order valence-corrected chi connectivity index (χ3v) is 5.88. The van der Waals surface area contributed by atoms with E-state index in [-0.39, 0.29) is 19.4 Å². The van der Waals surface area contributed by atoms with Crippen molar-refractivity contribution in [3.05, 3.63) is 29.7 Å². The van der Waals surface area contributed by atoms with Gasteiger partial charge in [-0.2, -0.15) is 31.4 Å². The number of quaternary nitrogens is 1. The molecule has 3 heterocycles. The second-order valence-corrected chi connectivity index (χ2v) is 9.07. The van der Waals surface area contributed by atoms with Crippen LogP contribution < -0.4 is 11.1 Å². The minimum atomic E-state index is -4.60. The van der Waals surface area contributed by atoms with Crippen LogP contribution in [0, 0.1) is 5.41 Å². The molecule has 13 heteroatoms. The number of carbonyl (C=O) groups excluding carboxylic acids is 1. The maximum atomic E-state index is 13.2. The molecule has 4 N–H and O–H groups in total. The summed E-state index contributed by atoms with van der Waals surface area (Å²) in [6.45, 7) is 2.54. The molecule has 0 spiro atoms. The average molecular weight is 467 g/mol. The van der Waals surface area contributed by atoms with Crippen LogP contribution in [0.15, 0.2) is 18.5 Å². The van der Waals surface area contributed by atoms with Crippen molar-refractivity contribution < 1.29 is 36.9 Å². The van der Waals surface area contributed by atoms with E-state index in [1.807, 2.05) is 5.32 Å². The summed E-state index contributed by atoms with van der Waals surface area (Å²) in [4.78, 5) is 17.4. The third-order valence-electron chi connectivity index (χ3n) is 5.88. The Labute approximate surface area is 180 Å². The molecule has 1 fully saturated rings. The molecule has 0 radical (unpaired) electrons. The molecule has 32 heavy (non-hydrogen) atoms. The highest BCUT2D eigenvalue weighted by Crippen LogP contribution is 2.42. The van der Waals surface area contributed by atoms with E-state index in [0.29, 0.717) is 16.9 Å². The highest BCUT2D eigenvalue weighted by atomic mass is 19.4. The molecule has 2 amide bonds. The number of imidazole rings is 1. The minimum absolute atomic E-state index is 0.100. The lowest BCUT2D eigenvalue weighted by Crippen LogP contribution is -2.54. The summed E-state index contributed by atoms with van der Waals surface area (Å²) >= 11 is 0. The Morgan fingerprint density at radius 2 is 1.91 bits per heavy atom. The summed E-state index contributed by atoms with van der Waals surface area (Å²) in [5.41, 5.74) is 0.995. The van der Waals surface area contributed by atoms with Gasteiger partial charge in [0.15, 0.2) is 11.2 Å². The van der Waals surface area contributed by atoms with Gasteiger partial charge in [0, 0.05) is 13.0 Å². The van der Waals surface area contributed by atoms with Crippen LogP contribution in [0.1, 0.15) is 50.9 Å². The van der Waals surface area contributed by atoms with Gasteiger partial charge in [-0.05, 0) is 25.0 Å². The van der Waals surface area contributed by atoms with Crippen LogP contribution in [-0.2, 0) is 6.54 Å². The van der Waals surface area contributed by atoms with Gasteiger partial charge in [-0.3, -0.25) is 0 Å². The minimum Gasteiger partial charge on any atom is -0.350 e. The molecule has 2 atom stereocenters. The first-order valence-electron chi connectivity index (χ1n) is 9.90. The summed E-state index contributed by atoms with van der Waals surface area (Å²) in [7, 11) is 0. The number of carbonyl (C=O) groups is 1. The Hall–Kier alpha value is -2.57. The average Bonchev–Trinajstić information content (AvgIpc) is 3.19. The van der Waals surface area contributed by atoms with Gasteiger partial charge < -0.3 is 16.0 Å². The molecule has 1 aliphatic rings. The maximum absolute atomic E-state index is 13.2. The Kier molecular flexibility index (Phi) is 5.86. The van der Waals surface area contributed by atoms with Gasteiger partial charge in [-0.15, -0.1) is 0 Å². The molecule has 0 aromatic carbocycles. The predicted octanol–water partition coefficient (Wildman–Crippen LogP) is 3.23. The summed E-state index contributed by atoms with van der Waals surface area (Å²) in [6.07, 6.45) is -5.93. The first-order valence-corrected chi connectivity index (χ1v) is 9.90. The summed E-state index contributed by atoms with van der Waals surface area (Å²) in [6, 6.07) is 0.233. The van der Waals surface area contributed by atoms with Crippen molar-refractivity contribution in [2.24, 2.45) is 5.41 Å². The van der Waals surface area contributed by atoms with Crippen molar-refractivity contribution in [1.82, 2.24) is 24.8 Å². The largest absolute Gasteiger partial charge is 0.413 e. The second-order valence-electron chi connectivity index (χ2n) is 9.07. The van der Waals surface area contributed by atoms with Gasteiger partial charge in [-0.1, -0.05) is 13.8 Å². The van der Waals surface area contributed by atoms with Crippen molar-refractivity contribution >= 4 is 11.7 Å². The fourth-order valence-corrected chi connectivity index (χ4v) is 3.36. The van der Waals surface area contributed by atoms with E-state index in [0.717, 1.165) is 25.7 Å². The zero-order valence-corrected chi connectivity index (χ0v) is 17.8. The number of hydrogen-bond acceptors (Lipinski definition) is 3. The summed E-state index contributed by atoms with van der Waals surface area (Å²) < 4.78 is 80.1. The second kappa shape index (κ2) is 7.78. The van der Waals surface area contributed by atoms with Crippen molar-refractivity contribution in [1.29, 1.82) is 0 Å². The van der Waals surface area contributed by atoms with Crippen LogP contribution in [0.4, 0.5) is 31.1 Å². The van der Waals surface area contributed by atoms with E-state index in [1.165, 1.54) is 10.7 Å². The van der Waals surface area contributed by atoms with Crippen LogP contribution in [0.2, 0.25) is 0 Å². The van der Waals surface area contributed by atoms with Gasteiger partial charge in [0.1, 0.15) is 11.7 Å². The Morgan fingerprint density at radius 1 is 1.25 bits per heavy atom. The van der Waals surface area contributed by atoms with E-state index >= 15 is 0 Å². The first-order chi connectivity index (χ1) is 14.5. The number of aromatic nitrogens is 3. The molecule has 7 nitrogen and oxygen atoms in total. The van der Waals surface area contributed by atoms with Gasteiger partial charge in [0.2, 0.25) is 0 Å². The molecular formula is C19H25F6N6O+. The number of alkyl halides is 6. The van der Waals surface area contributed by atoms with Gasteiger partial charge in [0.05, 0.1) is 24.4 Å². The molecule has 1 saturated heterocycles. The molecule has 178 valence electrons. The molecular weight excluding hydrogens is 442 g/mol. The van der Waals surface area contributed by atoms with Crippen molar-refractivity contribution in [3.8, 4) is 0 Å². The predicted molar refractivity (Wildman–Crippen MR) is 101 cm³/mol. The van der Waals surface area contributed by atoms with Crippen molar-refractivity contribution in [3.63, 3.8) is 0 Å². The molecule has 0 unspecified atom stereocenters. The Morgan fingerprint density at radius 3 is 2.47 bits per heavy atom. The highest BCUT2D eigenvalue weighted by molar-refractivity contribution is 5.78. The first kappa shape index (κ1) is 24.1. The zero-order valence-electron chi connectivity index (χ0n) is 17.8. The number of halogens is 6. The lowest BCUT2D eigenvalue weighted by Gasteiger charge is -2.27. The molecule has 1 aliphatic heterocycles. The number of hydrogen-bond donors (Lipinski definition) is 2. The quantitative estimate of drug-likeness (QED) is 0.640. The number of urea groups is 1. The lowest BCUT2D eigenvalue weighted by molar-refractivity contribution is -0.430. The van der Waals surface area contributed by atoms with Gasteiger partial charge in [-0.25, -0.2) is 14.3 Å². The van der Waals surface area contributed by atoms with Crippen molar-refractivity contribution in [2.45, 2.75) is 64.1 Å². The number of nitrogens with one attached hydrogen (secondary N) is 1. The van der Waals surface area contributed by atoms with Gasteiger partial charge in [0.25, 0.3) is 0 Å². The fourth-order valence-electron chi connectivity index (χ4n) is 3.36. The number of nitrogens with zero attached hydrogens (tertiary/aromatic N) is 4. The van der Waals surface area contributed by atoms with E-state index in [4.69, 9.17) is 0 Å². The normalized spacial score (nSPS) is 21.3. The molecule has 0 bridgehead atoms. The van der Waals surface area contributed by atoms with Crippen LogP contribution in [0.3, 0.4) is 0 Å². The van der Waals surface area contributed by atoms with Crippen molar-refractivity contribution in [2.75, 3.05) is 6.54 Å². The fraction of sp³-hybridized carbons (Fsp3) is 0.632. The Bertz CT molecular complexity index is 1000. The van der Waals surface area contributed by atoms with E-state index in [9.17, 15) is 31.1 Å². The zero-order chi connectivity index (χ0) is 24.1. The highest BCUT2D eigenvalue weighted by Gasteiger charge is 2.57. The summed E-state index contributed by atoms with van der Waals surface area (Å²) in [5, 5.41) is 6.12. The van der Waals surface area contributed by atoms with Gasteiger partial charge >= 0.3 is 18.4 Å². The monoisotopic (exact) mass is 467 g/mol. The number of rotatable bonds is 6. The molecule has 0 aliphatic carbocycles. The van der Waals surface area contributed by atoms with Crippen LogP contribution in [0.25, 0.3) is 5.65 Å². The SMILES string of the molecule is CC(C)(CC[C@H]([NH3+])c1cn2ncc(CN3C[C@@](C)(C(F)(F)F)NC3=O)cc2n1)C(F)(F)F. The topological polar surface area (TPSA) is 90.2 Å². The van der Waals surface area contributed by atoms with E-state index in [1.54, 1.807) is 12.3 Å². The van der Waals surface area contributed by atoms with Crippen LogP contribution in [-0.4, -0.2) is 50.0 Å². The maximum Gasteiger partial charge on any atom is 0.413 e. The van der Waals surface area contributed by atoms with E-state index in [2.05, 4.69) is 15.8 Å². The van der Waals surface area contributed by atoms with Crippen LogP contribution >= 0.6 is 0 Å². The summed E-state index contributed by atoms with van der Waals surface area (Å²) in [5.74, 6) is 0. The van der Waals surface area contributed by atoms with E-state index < -0.39 is 41.9 Å². The lowest BCUT2D eigenvalue weighted by atomic mass is 9.85. The standard InChI is InChI=1S/C19H24F6N6O/c1-16(2,18(20,21)22)5-4-12(26)13-9-31-14(28-13)6-11(7-27-31)8-30-10-17(3,19(23,24)25)29-15(30)32/h6-7,9,12H,4-5,8,10,26H2,1-3H3,(H,29,32)/p+1/t12-,17-/m0/s1. The van der Waals surface area contributed by atoms with Crippen LogP contribution in [0.5, 0.6) is 0 Å². The molecule has 0 saturated carbocycles. The molecule has 2 aromatic heterocycles. The molecule has 2 aromatic rings. The third kappa shape index (κ3) is 4.62. The molecule has 3 rings (SSSR count).